The minimum Gasteiger partial charge on any atom is -0.316 e. The monoisotopic (exact) mass is 260 g/mol. The molecule has 92 valence electrons. The maximum atomic E-state index is 3.57. The summed E-state index contributed by atoms with van der Waals surface area (Å²) < 4.78 is 0. The predicted molar refractivity (Wildman–Crippen MR) is 73.6 cm³/mol. The zero-order chi connectivity index (χ0) is 10.7. The highest BCUT2D eigenvalue weighted by molar-refractivity contribution is 7.11. The lowest BCUT2D eigenvalue weighted by molar-refractivity contribution is 0.340. The van der Waals surface area contributed by atoms with Gasteiger partial charge in [-0.1, -0.05) is 6.92 Å². The second kappa shape index (κ2) is 6.01. The van der Waals surface area contributed by atoms with Gasteiger partial charge in [0.05, 0.1) is 0 Å². The van der Waals surface area contributed by atoms with E-state index in [9.17, 15) is 0 Å². The molecule has 1 aliphatic heterocycles. The molecule has 16 heavy (non-hydrogen) atoms. The van der Waals surface area contributed by atoms with E-state index in [4.69, 9.17) is 0 Å². The average Bonchev–Trinajstić information content (AvgIpc) is 2.76. The molecule has 2 N–H and O–H groups in total. The smallest absolute Gasteiger partial charge is 0.0300 e. The van der Waals surface area contributed by atoms with Gasteiger partial charge in [0.1, 0.15) is 0 Å². The molecule has 0 amide bonds. The van der Waals surface area contributed by atoms with Crippen molar-refractivity contribution in [3.8, 4) is 0 Å². The number of rotatable bonds is 4. The molecular formula is C12H21ClN2S. The summed E-state index contributed by atoms with van der Waals surface area (Å²) in [4.78, 5) is 2.85. The first-order chi connectivity index (χ1) is 7.18. The summed E-state index contributed by atoms with van der Waals surface area (Å²) >= 11 is 1.89. The van der Waals surface area contributed by atoms with E-state index >= 15 is 0 Å². The number of thiophene rings is 1. The van der Waals surface area contributed by atoms with E-state index in [0.29, 0.717) is 5.41 Å². The van der Waals surface area contributed by atoms with Crippen LogP contribution in [-0.2, 0) is 6.54 Å². The molecule has 0 radical (unpaired) electrons. The SMILES string of the molecule is Cc1ccc(CNCC2(C)CCNC2)s1.Cl. The van der Waals surface area contributed by atoms with Crippen LogP contribution in [0.15, 0.2) is 12.1 Å². The molecule has 1 aromatic rings. The molecule has 1 unspecified atom stereocenters. The Kier molecular flexibility index (Phi) is 5.25. The van der Waals surface area contributed by atoms with Gasteiger partial charge in [-0.05, 0) is 37.4 Å². The largest absolute Gasteiger partial charge is 0.316 e. The molecule has 4 heteroatoms. The fourth-order valence-corrected chi connectivity index (χ4v) is 2.95. The van der Waals surface area contributed by atoms with Crippen LogP contribution in [0.25, 0.3) is 0 Å². The van der Waals surface area contributed by atoms with Gasteiger partial charge in [0.15, 0.2) is 0 Å². The van der Waals surface area contributed by atoms with Gasteiger partial charge in [0.25, 0.3) is 0 Å². The molecule has 1 saturated heterocycles. The van der Waals surface area contributed by atoms with Crippen LogP contribution in [0.1, 0.15) is 23.1 Å². The first-order valence-corrected chi connectivity index (χ1v) is 6.46. The van der Waals surface area contributed by atoms with Crippen molar-refractivity contribution in [3.63, 3.8) is 0 Å². The molecule has 2 nitrogen and oxygen atoms in total. The number of halogens is 1. The lowest BCUT2D eigenvalue weighted by Crippen LogP contribution is -2.33. The van der Waals surface area contributed by atoms with Crippen molar-refractivity contribution in [1.82, 2.24) is 10.6 Å². The van der Waals surface area contributed by atoms with Crippen LogP contribution in [0.3, 0.4) is 0 Å². The van der Waals surface area contributed by atoms with Gasteiger partial charge >= 0.3 is 0 Å². The Bertz CT molecular complexity index is 319. The zero-order valence-electron chi connectivity index (χ0n) is 10.0. The lowest BCUT2D eigenvalue weighted by atomic mass is 9.90. The second-order valence-electron chi connectivity index (χ2n) is 4.85. The van der Waals surface area contributed by atoms with Gasteiger partial charge in [0.2, 0.25) is 0 Å². The minimum atomic E-state index is 0. The van der Waals surface area contributed by atoms with E-state index in [-0.39, 0.29) is 12.4 Å². The molecule has 0 aromatic carbocycles. The van der Waals surface area contributed by atoms with Crippen LogP contribution >= 0.6 is 23.7 Å². The normalized spacial score (nSPS) is 24.4. The molecule has 1 aromatic heterocycles. The molecule has 1 fully saturated rings. The topological polar surface area (TPSA) is 24.1 Å². The lowest BCUT2D eigenvalue weighted by Gasteiger charge is -2.22. The molecule has 2 heterocycles. The Morgan fingerprint density at radius 2 is 2.31 bits per heavy atom. The van der Waals surface area contributed by atoms with Crippen molar-refractivity contribution in [3.05, 3.63) is 21.9 Å². The third-order valence-electron chi connectivity index (χ3n) is 3.10. The molecule has 1 atom stereocenters. The van der Waals surface area contributed by atoms with E-state index in [1.54, 1.807) is 0 Å². The highest BCUT2D eigenvalue weighted by atomic mass is 35.5. The third-order valence-corrected chi connectivity index (χ3v) is 4.10. The number of aryl methyl sites for hydroxylation is 1. The van der Waals surface area contributed by atoms with E-state index in [0.717, 1.165) is 19.6 Å². The van der Waals surface area contributed by atoms with E-state index in [1.807, 2.05) is 11.3 Å². The third kappa shape index (κ3) is 3.74. The Balaban J connectivity index is 0.00000128. The summed E-state index contributed by atoms with van der Waals surface area (Å²) in [5, 5.41) is 7.00. The first-order valence-electron chi connectivity index (χ1n) is 5.65. The van der Waals surface area contributed by atoms with Crippen molar-refractivity contribution in [2.75, 3.05) is 19.6 Å². The van der Waals surface area contributed by atoms with Gasteiger partial charge in [0, 0.05) is 29.4 Å². The molecule has 0 saturated carbocycles. The fourth-order valence-electron chi connectivity index (χ4n) is 2.09. The number of hydrogen-bond acceptors (Lipinski definition) is 3. The zero-order valence-corrected chi connectivity index (χ0v) is 11.6. The minimum absolute atomic E-state index is 0. The molecule has 2 rings (SSSR count). The van der Waals surface area contributed by atoms with Crippen molar-refractivity contribution < 1.29 is 0 Å². The van der Waals surface area contributed by atoms with E-state index < -0.39 is 0 Å². The molecular weight excluding hydrogens is 240 g/mol. The summed E-state index contributed by atoms with van der Waals surface area (Å²) in [6.45, 7) is 9.00. The Labute approximate surface area is 108 Å². The van der Waals surface area contributed by atoms with Crippen LogP contribution in [-0.4, -0.2) is 19.6 Å². The summed E-state index contributed by atoms with van der Waals surface area (Å²) in [7, 11) is 0. The van der Waals surface area contributed by atoms with Crippen LogP contribution in [0.4, 0.5) is 0 Å². The maximum absolute atomic E-state index is 3.57. The van der Waals surface area contributed by atoms with Gasteiger partial charge in [-0.15, -0.1) is 23.7 Å². The van der Waals surface area contributed by atoms with Gasteiger partial charge in [-0.2, -0.15) is 0 Å². The number of nitrogens with one attached hydrogen (secondary N) is 2. The highest BCUT2D eigenvalue weighted by Gasteiger charge is 2.27. The van der Waals surface area contributed by atoms with E-state index in [2.05, 4.69) is 36.6 Å². The van der Waals surface area contributed by atoms with E-state index in [1.165, 1.54) is 22.7 Å². The van der Waals surface area contributed by atoms with Crippen LogP contribution in [0.2, 0.25) is 0 Å². The van der Waals surface area contributed by atoms with Gasteiger partial charge < -0.3 is 10.6 Å². The Hall–Kier alpha value is -0.0900. The molecule has 1 aliphatic rings. The number of hydrogen-bond donors (Lipinski definition) is 2. The molecule has 0 aliphatic carbocycles. The predicted octanol–water partition coefficient (Wildman–Crippen LogP) is 2.57. The standard InChI is InChI=1S/C12H20N2S.ClH/c1-10-3-4-11(15-10)7-14-9-12(2)5-6-13-8-12;/h3-4,13-14H,5-9H2,1-2H3;1H. The summed E-state index contributed by atoms with van der Waals surface area (Å²) in [5.41, 5.74) is 0.465. The first kappa shape index (κ1) is 14.0. The summed E-state index contributed by atoms with van der Waals surface area (Å²) in [6.07, 6.45) is 1.30. The highest BCUT2D eigenvalue weighted by Crippen LogP contribution is 2.23. The summed E-state index contributed by atoms with van der Waals surface area (Å²) in [6, 6.07) is 4.42. The van der Waals surface area contributed by atoms with Crippen molar-refractivity contribution in [1.29, 1.82) is 0 Å². The van der Waals surface area contributed by atoms with Crippen molar-refractivity contribution in [2.24, 2.45) is 5.41 Å². The summed E-state index contributed by atoms with van der Waals surface area (Å²) in [5.74, 6) is 0. The van der Waals surface area contributed by atoms with Crippen LogP contribution in [0.5, 0.6) is 0 Å². The average molecular weight is 261 g/mol. The quantitative estimate of drug-likeness (QED) is 0.870. The van der Waals surface area contributed by atoms with Crippen LogP contribution < -0.4 is 10.6 Å². The van der Waals surface area contributed by atoms with Crippen LogP contribution in [0, 0.1) is 12.3 Å². The Morgan fingerprint density at radius 3 is 2.88 bits per heavy atom. The molecule has 0 spiro atoms. The van der Waals surface area contributed by atoms with Gasteiger partial charge in [-0.3, -0.25) is 0 Å². The Morgan fingerprint density at radius 1 is 1.50 bits per heavy atom. The second-order valence-corrected chi connectivity index (χ2v) is 6.23. The van der Waals surface area contributed by atoms with Crippen molar-refractivity contribution in [2.45, 2.75) is 26.8 Å². The van der Waals surface area contributed by atoms with Gasteiger partial charge in [-0.25, -0.2) is 0 Å². The fraction of sp³-hybridized carbons (Fsp3) is 0.667. The maximum Gasteiger partial charge on any atom is 0.0300 e. The molecule has 0 bridgehead atoms. The van der Waals surface area contributed by atoms with Crippen molar-refractivity contribution >= 4 is 23.7 Å².